The molecule has 1 aliphatic rings. The van der Waals surface area contributed by atoms with Crippen LogP contribution in [0.2, 0.25) is 0 Å². The summed E-state index contributed by atoms with van der Waals surface area (Å²) in [5.41, 5.74) is 2.94. The molecule has 0 fully saturated rings. The summed E-state index contributed by atoms with van der Waals surface area (Å²) in [5.74, 6) is 0.0973. The van der Waals surface area contributed by atoms with Crippen molar-refractivity contribution in [1.29, 1.82) is 0 Å². The molecule has 1 heterocycles. The highest BCUT2D eigenvalue weighted by Crippen LogP contribution is 2.41. The van der Waals surface area contributed by atoms with Crippen molar-refractivity contribution in [2.75, 3.05) is 0 Å². The second kappa shape index (κ2) is 5.25. The first-order valence-electron chi connectivity index (χ1n) is 6.91. The molecule has 0 bridgehead atoms. The lowest BCUT2D eigenvalue weighted by atomic mass is 9.92. The summed E-state index contributed by atoms with van der Waals surface area (Å²) in [6, 6.07) is 12.3. The molecule has 0 saturated heterocycles. The molecule has 1 unspecified atom stereocenters. The first-order chi connectivity index (χ1) is 9.69. The van der Waals surface area contributed by atoms with Gasteiger partial charge in [0.2, 0.25) is 0 Å². The summed E-state index contributed by atoms with van der Waals surface area (Å²) in [6.07, 6.45) is 0.558. The summed E-state index contributed by atoms with van der Waals surface area (Å²) in [7, 11) is 0. The number of hydrogen-bond donors (Lipinski definition) is 1. The van der Waals surface area contributed by atoms with Gasteiger partial charge in [-0.3, -0.25) is 0 Å². The minimum atomic E-state index is -0.616. The minimum absolute atomic E-state index is 0.226. The summed E-state index contributed by atoms with van der Waals surface area (Å²) in [4.78, 5) is 0. The average Bonchev–Trinajstić information content (AvgIpc) is 2.46. The predicted octanol–water partition coefficient (Wildman–Crippen LogP) is 3.95. The molecule has 0 saturated carbocycles. The lowest BCUT2D eigenvalue weighted by Crippen LogP contribution is -2.20. The fraction of sp³-hybridized carbons (Fsp3) is 0.294. The van der Waals surface area contributed by atoms with Crippen molar-refractivity contribution in [1.82, 2.24) is 0 Å². The molecule has 104 valence electrons. The van der Waals surface area contributed by atoms with E-state index in [0.717, 1.165) is 12.0 Å². The average molecular weight is 272 g/mol. The van der Waals surface area contributed by atoms with Crippen LogP contribution in [-0.2, 0) is 6.42 Å². The highest BCUT2D eigenvalue weighted by Gasteiger charge is 2.29. The molecule has 0 radical (unpaired) electrons. The Labute approximate surface area is 117 Å². The lowest BCUT2D eigenvalue weighted by molar-refractivity contribution is 0.0650. The third-order valence-corrected chi connectivity index (χ3v) is 3.82. The first kappa shape index (κ1) is 13.1. The summed E-state index contributed by atoms with van der Waals surface area (Å²) < 4.78 is 19.2. The van der Waals surface area contributed by atoms with Gasteiger partial charge in [0.05, 0.1) is 6.10 Å². The van der Waals surface area contributed by atoms with Crippen LogP contribution < -0.4 is 4.74 Å². The maximum absolute atomic E-state index is 13.3. The Morgan fingerprint density at radius 3 is 2.80 bits per heavy atom. The Bertz CT molecular complexity index is 624. The van der Waals surface area contributed by atoms with Crippen LogP contribution in [0.5, 0.6) is 5.75 Å². The van der Waals surface area contributed by atoms with Gasteiger partial charge in [0.15, 0.2) is 0 Å². The van der Waals surface area contributed by atoms with Crippen LogP contribution >= 0.6 is 0 Å². The molecule has 1 aliphatic heterocycles. The van der Waals surface area contributed by atoms with Crippen molar-refractivity contribution in [2.24, 2.45) is 0 Å². The normalized spacial score (nSPS) is 21.1. The number of rotatable bonds is 2. The van der Waals surface area contributed by atoms with Crippen molar-refractivity contribution < 1.29 is 14.2 Å². The molecule has 0 spiro atoms. The first-order valence-corrected chi connectivity index (χ1v) is 6.91. The quantitative estimate of drug-likeness (QED) is 0.897. The van der Waals surface area contributed by atoms with E-state index in [9.17, 15) is 9.50 Å². The van der Waals surface area contributed by atoms with Crippen LogP contribution in [0.3, 0.4) is 0 Å². The molecule has 3 heteroatoms. The molecule has 2 aromatic carbocycles. The van der Waals surface area contributed by atoms with E-state index in [0.29, 0.717) is 17.7 Å². The molecular formula is C17H17FO2. The van der Waals surface area contributed by atoms with Gasteiger partial charge in [-0.05, 0) is 29.7 Å². The van der Waals surface area contributed by atoms with Gasteiger partial charge in [0, 0.05) is 18.1 Å². The predicted molar refractivity (Wildman–Crippen MR) is 75.2 cm³/mol. The van der Waals surface area contributed by atoms with Gasteiger partial charge in [0.25, 0.3) is 0 Å². The largest absolute Gasteiger partial charge is 0.485 e. The fourth-order valence-corrected chi connectivity index (χ4v) is 2.78. The highest BCUT2D eigenvalue weighted by atomic mass is 19.1. The topological polar surface area (TPSA) is 29.5 Å². The smallest absolute Gasteiger partial charge is 0.128 e. The van der Waals surface area contributed by atoms with Crippen molar-refractivity contribution >= 4 is 0 Å². The number of aliphatic hydroxyl groups is 1. The second-order valence-corrected chi connectivity index (χ2v) is 5.09. The van der Waals surface area contributed by atoms with E-state index >= 15 is 0 Å². The zero-order valence-electron chi connectivity index (χ0n) is 11.3. The summed E-state index contributed by atoms with van der Waals surface area (Å²) in [5, 5.41) is 10.2. The van der Waals surface area contributed by atoms with Gasteiger partial charge in [-0.15, -0.1) is 0 Å². The number of aryl methyl sites for hydroxylation is 1. The molecule has 0 aromatic heterocycles. The maximum atomic E-state index is 13.3. The van der Waals surface area contributed by atoms with Crippen molar-refractivity contribution in [3.05, 3.63) is 65.0 Å². The van der Waals surface area contributed by atoms with Gasteiger partial charge in [-0.1, -0.05) is 31.2 Å². The van der Waals surface area contributed by atoms with E-state index in [2.05, 4.69) is 13.0 Å². The number of fused-ring (bicyclic) bond motifs is 1. The van der Waals surface area contributed by atoms with Crippen LogP contribution in [0, 0.1) is 5.82 Å². The Morgan fingerprint density at radius 2 is 2.00 bits per heavy atom. The fourth-order valence-electron chi connectivity index (χ4n) is 2.78. The van der Waals surface area contributed by atoms with Crippen molar-refractivity contribution in [3.63, 3.8) is 0 Å². The SMILES string of the molecule is CCc1ccccc1C1C[C@@H](O)c2ccc(F)cc2O1. The van der Waals surface area contributed by atoms with Crippen LogP contribution in [-0.4, -0.2) is 5.11 Å². The Hall–Kier alpha value is -1.87. The van der Waals surface area contributed by atoms with Gasteiger partial charge in [-0.25, -0.2) is 4.39 Å². The zero-order chi connectivity index (χ0) is 14.1. The molecule has 1 N–H and O–H groups in total. The Morgan fingerprint density at radius 1 is 1.20 bits per heavy atom. The third kappa shape index (κ3) is 2.29. The molecular weight excluding hydrogens is 255 g/mol. The van der Waals surface area contributed by atoms with E-state index in [1.165, 1.54) is 17.7 Å². The molecule has 0 amide bonds. The van der Waals surface area contributed by atoms with Crippen molar-refractivity contribution in [2.45, 2.75) is 32.0 Å². The molecule has 0 aliphatic carbocycles. The number of halogens is 1. The Kier molecular flexibility index (Phi) is 3.45. The lowest BCUT2D eigenvalue weighted by Gasteiger charge is -2.31. The number of benzene rings is 2. The molecule has 2 aromatic rings. The highest BCUT2D eigenvalue weighted by molar-refractivity contribution is 5.40. The van der Waals surface area contributed by atoms with Crippen molar-refractivity contribution in [3.8, 4) is 5.75 Å². The van der Waals surface area contributed by atoms with E-state index < -0.39 is 6.10 Å². The second-order valence-electron chi connectivity index (χ2n) is 5.09. The van der Waals surface area contributed by atoms with Gasteiger partial charge in [-0.2, -0.15) is 0 Å². The minimum Gasteiger partial charge on any atom is -0.485 e. The van der Waals surface area contributed by atoms with E-state index in [1.807, 2.05) is 18.2 Å². The van der Waals surface area contributed by atoms with E-state index in [1.54, 1.807) is 6.07 Å². The van der Waals surface area contributed by atoms with E-state index in [-0.39, 0.29) is 11.9 Å². The molecule has 2 atom stereocenters. The monoisotopic (exact) mass is 272 g/mol. The van der Waals surface area contributed by atoms with Gasteiger partial charge >= 0.3 is 0 Å². The third-order valence-electron chi connectivity index (χ3n) is 3.82. The summed E-state index contributed by atoms with van der Waals surface area (Å²) >= 11 is 0. The molecule has 2 nitrogen and oxygen atoms in total. The number of aliphatic hydroxyl groups excluding tert-OH is 1. The van der Waals surface area contributed by atoms with Gasteiger partial charge in [0.1, 0.15) is 17.7 Å². The standard InChI is InChI=1S/C17H17FO2/c1-2-11-5-3-4-6-13(11)17-10-15(19)14-8-7-12(18)9-16(14)20-17/h3-9,15,17,19H,2,10H2,1H3/t15-,17?/m1/s1. The maximum Gasteiger partial charge on any atom is 0.128 e. The molecule has 3 rings (SSSR count). The number of ether oxygens (including phenoxy) is 1. The van der Waals surface area contributed by atoms with Crippen LogP contribution in [0.15, 0.2) is 42.5 Å². The number of hydrogen-bond acceptors (Lipinski definition) is 2. The summed E-state index contributed by atoms with van der Waals surface area (Å²) in [6.45, 7) is 2.09. The van der Waals surface area contributed by atoms with Crippen LogP contribution in [0.1, 0.15) is 42.2 Å². The Balaban J connectivity index is 1.98. The van der Waals surface area contributed by atoms with Crippen LogP contribution in [0.4, 0.5) is 4.39 Å². The zero-order valence-corrected chi connectivity index (χ0v) is 11.3. The molecule has 20 heavy (non-hydrogen) atoms. The van der Waals surface area contributed by atoms with Crippen LogP contribution in [0.25, 0.3) is 0 Å². The van der Waals surface area contributed by atoms with Gasteiger partial charge < -0.3 is 9.84 Å². The van der Waals surface area contributed by atoms with E-state index in [4.69, 9.17) is 4.74 Å².